The molecular weight excluding hydrogens is 258 g/mol. The first-order valence-electron chi connectivity index (χ1n) is 7.36. The largest absolute Gasteiger partial charge is 0.374 e. The first-order chi connectivity index (χ1) is 9.99. The summed E-state index contributed by atoms with van der Waals surface area (Å²) in [4.78, 5) is 14.5. The second-order valence-corrected chi connectivity index (χ2v) is 5.70. The molecule has 0 aliphatic heterocycles. The average molecular weight is 281 g/mol. The zero-order valence-corrected chi connectivity index (χ0v) is 13.3. The molecule has 0 atom stereocenters. The number of aryl methyl sites for hydroxylation is 3. The summed E-state index contributed by atoms with van der Waals surface area (Å²) in [5.74, 6) is 0.213. The van der Waals surface area contributed by atoms with Crippen molar-refractivity contribution < 1.29 is 4.79 Å². The van der Waals surface area contributed by atoms with E-state index in [1.807, 2.05) is 38.2 Å². The molecule has 0 N–H and O–H groups in total. The van der Waals surface area contributed by atoms with E-state index in [-0.39, 0.29) is 5.78 Å². The summed E-state index contributed by atoms with van der Waals surface area (Å²) in [5, 5.41) is 0. The van der Waals surface area contributed by atoms with Crippen molar-refractivity contribution in [3.05, 3.63) is 64.7 Å². The number of anilines is 1. The molecule has 0 aliphatic carbocycles. The zero-order chi connectivity index (χ0) is 15.4. The predicted octanol–water partition coefficient (Wildman–Crippen LogP) is 4.32. The molecule has 0 bridgehead atoms. The predicted molar refractivity (Wildman–Crippen MR) is 89.3 cm³/mol. The Bertz CT molecular complexity index is 646. The fourth-order valence-electron chi connectivity index (χ4n) is 2.64. The molecule has 0 amide bonds. The van der Waals surface area contributed by atoms with Gasteiger partial charge in [-0.15, -0.1) is 0 Å². The third-order valence-corrected chi connectivity index (χ3v) is 3.88. The molecule has 0 aromatic heterocycles. The molecule has 2 aromatic rings. The van der Waals surface area contributed by atoms with E-state index >= 15 is 0 Å². The molecule has 0 aliphatic rings. The fourth-order valence-corrected chi connectivity index (χ4v) is 2.64. The van der Waals surface area contributed by atoms with Crippen LogP contribution in [0.3, 0.4) is 0 Å². The van der Waals surface area contributed by atoms with Gasteiger partial charge in [0, 0.05) is 31.3 Å². The van der Waals surface area contributed by atoms with Crippen molar-refractivity contribution in [1.82, 2.24) is 0 Å². The van der Waals surface area contributed by atoms with Gasteiger partial charge in [0.15, 0.2) is 5.78 Å². The number of carbonyl (C=O) groups excluding carboxylic acids is 1. The van der Waals surface area contributed by atoms with E-state index in [1.165, 1.54) is 16.8 Å². The molecule has 21 heavy (non-hydrogen) atoms. The van der Waals surface area contributed by atoms with Crippen LogP contribution in [0.25, 0.3) is 0 Å². The second kappa shape index (κ2) is 6.57. The monoisotopic (exact) mass is 281 g/mol. The van der Waals surface area contributed by atoms with Crippen LogP contribution in [0.1, 0.15) is 33.5 Å². The Balaban J connectivity index is 2.02. The van der Waals surface area contributed by atoms with Gasteiger partial charge in [0.05, 0.1) is 0 Å². The summed E-state index contributed by atoms with van der Waals surface area (Å²) < 4.78 is 0. The lowest BCUT2D eigenvalue weighted by Crippen LogP contribution is -2.22. The molecule has 0 heterocycles. The smallest absolute Gasteiger partial charge is 0.164 e. The molecule has 110 valence electrons. The van der Waals surface area contributed by atoms with Crippen molar-refractivity contribution >= 4 is 11.5 Å². The van der Waals surface area contributed by atoms with Crippen molar-refractivity contribution in [1.29, 1.82) is 0 Å². The topological polar surface area (TPSA) is 20.3 Å². The van der Waals surface area contributed by atoms with E-state index in [1.54, 1.807) is 0 Å². The number of ketones is 1. The normalized spacial score (nSPS) is 10.5. The van der Waals surface area contributed by atoms with E-state index in [0.717, 1.165) is 17.7 Å². The average Bonchev–Trinajstić information content (AvgIpc) is 2.45. The minimum Gasteiger partial charge on any atom is -0.374 e. The molecular formula is C19H23NO. The van der Waals surface area contributed by atoms with Crippen LogP contribution in [0.2, 0.25) is 0 Å². The van der Waals surface area contributed by atoms with Gasteiger partial charge in [-0.1, -0.05) is 42.0 Å². The van der Waals surface area contributed by atoms with Gasteiger partial charge in [-0.25, -0.2) is 0 Å². The van der Waals surface area contributed by atoms with Crippen LogP contribution >= 0.6 is 0 Å². The number of nitrogens with zero attached hydrogens (tertiary/aromatic N) is 1. The molecule has 2 aromatic carbocycles. The summed E-state index contributed by atoms with van der Waals surface area (Å²) in [6.45, 7) is 6.93. The molecule has 2 rings (SSSR count). The second-order valence-electron chi connectivity index (χ2n) is 5.70. The molecule has 0 saturated heterocycles. The highest BCUT2D eigenvalue weighted by molar-refractivity contribution is 5.97. The van der Waals surface area contributed by atoms with E-state index in [4.69, 9.17) is 0 Å². The highest BCUT2D eigenvalue weighted by Crippen LogP contribution is 2.20. The first kappa shape index (κ1) is 15.3. The van der Waals surface area contributed by atoms with Crippen molar-refractivity contribution in [3.8, 4) is 0 Å². The molecule has 2 nitrogen and oxygen atoms in total. The van der Waals surface area contributed by atoms with Gasteiger partial charge in [0.25, 0.3) is 0 Å². The Hall–Kier alpha value is -2.09. The van der Waals surface area contributed by atoms with Crippen molar-refractivity contribution in [2.75, 3.05) is 18.5 Å². The molecule has 0 radical (unpaired) electrons. The maximum atomic E-state index is 12.3. The van der Waals surface area contributed by atoms with Gasteiger partial charge in [0.1, 0.15) is 0 Å². The maximum absolute atomic E-state index is 12.3. The summed E-state index contributed by atoms with van der Waals surface area (Å²) in [5.41, 5.74) is 5.60. The maximum Gasteiger partial charge on any atom is 0.164 e. The lowest BCUT2D eigenvalue weighted by molar-refractivity contribution is 0.0984. The number of hydrogen-bond acceptors (Lipinski definition) is 2. The van der Waals surface area contributed by atoms with E-state index in [2.05, 4.69) is 36.9 Å². The minimum absolute atomic E-state index is 0.213. The molecule has 0 fully saturated rings. The van der Waals surface area contributed by atoms with E-state index < -0.39 is 0 Å². The zero-order valence-electron chi connectivity index (χ0n) is 13.3. The van der Waals surface area contributed by atoms with Gasteiger partial charge >= 0.3 is 0 Å². The van der Waals surface area contributed by atoms with E-state index in [9.17, 15) is 4.79 Å². The molecule has 0 saturated carbocycles. The number of rotatable bonds is 5. The Morgan fingerprint density at radius 1 is 1.00 bits per heavy atom. The van der Waals surface area contributed by atoms with Gasteiger partial charge < -0.3 is 4.90 Å². The van der Waals surface area contributed by atoms with Crippen LogP contribution in [0.5, 0.6) is 0 Å². The van der Waals surface area contributed by atoms with Gasteiger partial charge in [-0.3, -0.25) is 4.79 Å². The Morgan fingerprint density at radius 3 is 2.38 bits per heavy atom. The molecule has 2 heteroatoms. The highest BCUT2D eigenvalue weighted by Gasteiger charge is 2.11. The van der Waals surface area contributed by atoms with Crippen LogP contribution in [-0.2, 0) is 0 Å². The quantitative estimate of drug-likeness (QED) is 0.761. The number of hydrogen-bond donors (Lipinski definition) is 0. The van der Waals surface area contributed by atoms with Crippen LogP contribution in [0, 0.1) is 20.8 Å². The highest BCUT2D eigenvalue weighted by atomic mass is 16.1. The Morgan fingerprint density at radius 2 is 1.71 bits per heavy atom. The van der Waals surface area contributed by atoms with Gasteiger partial charge in [-0.2, -0.15) is 0 Å². The summed E-state index contributed by atoms with van der Waals surface area (Å²) >= 11 is 0. The van der Waals surface area contributed by atoms with Crippen LogP contribution in [0.4, 0.5) is 5.69 Å². The molecule has 0 spiro atoms. The third-order valence-electron chi connectivity index (χ3n) is 3.88. The summed E-state index contributed by atoms with van der Waals surface area (Å²) in [6.07, 6.45) is 0.536. The Labute approximate surface area is 127 Å². The standard InChI is InChI=1S/C19H23NO/c1-14-9-10-18(16(3)13-14)20(4)12-11-19(21)17-8-6-5-7-15(17)2/h5-10,13H,11-12H2,1-4H3. The fraction of sp³-hybridized carbons (Fsp3) is 0.316. The number of Topliss-reactive ketones (excluding diaryl/α,β-unsaturated/α-hetero) is 1. The summed E-state index contributed by atoms with van der Waals surface area (Å²) in [7, 11) is 2.04. The lowest BCUT2D eigenvalue weighted by Gasteiger charge is -2.21. The Kier molecular flexibility index (Phi) is 4.79. The van der Waals surface area contributed by atoms with Crippen LogP contribution < -0.4 is 4.90 Å². The van der Waals surface area contributed by atoms with Crippen molar-refractivity contribution in [2.45, 2.75) is 27.2 Å². The van der Waals surface area contributed by atoms with Crippen molar-refractivity contribution in [3.63, 3.8) is 0 Å². The third kappa shape index (κ3) is 3.72. The number of carbonyl (C=O) groups is 1. The number of benzene rings is 2. The van der Waals surface area contributed by atoms with E-state index in [0.29, 0.717) is 6.42 Å². The molecule has 0 unspecified atom stereocenters. The van der Waals surface area contributed by atoms with Crippen LogP contribution in [0.15, 0.2) is 42.5 Å². The first-order valence-corrected chi connectivity index (χ1v) is 7.36. The van der Waals surface area contributed by atoms with Gasteiger partial charge in [0.2, 0.25) is 0 Å². The van der Waals surface area contributed by atoms with Gasteiger partial charge in [-0.05, 0) is 38.0 Å². The lowest BCUT2D eigenvalue weighted by atomic mass is 10.0. The van der Waals surface area contributed by atoms with Crippen molar-refractivity contribution in [2.24, 2.45) is 0 Å². The summed E-state index contributed by atoms with van der Waals surface area (Å²) in [6, 6.07) is 14.2. The van der Waals surface area contributed by atoms with Crippen LogP contribution in [-0.4, -0.2) is 19.4 Å². The SMILES string of the molecule is Cc1ccc(N(C)CCC(=O)c2ccccc2C)c(C)c1. The minimum atomic E-state index is 0.213.